The Hall–Kier alpha value is -0.830. The molecule has 13 heavy (non-hydrogen) atoms. The van der Waals surface area contributed by atoms with Gasteiger partial charge >= 0.3 is 5.97 Å². The van der Waals surface area contributed by atoms with E-state index in [9.17, 15) is 4.79 Å². The van der Waals surface area contributed by atoms with Gasteiger partial charge in [-0.2, -0.15) is 0 Å². The number of rotatable bonds is 7. The van der Waals surface area contributed by atoms with Crippen molar-refractivity contribution in [3.8, 4) is 0 Å². The molecule has 0 amide bonds. The Kier molecular flexibility index (Phi) is 7.30. The number of hydrogen-bond acceptors (Lipinski definition) is 2. The van der Waals surface area contributed by atoms with Crippen LogP contribution in [0.25, 0.3) is 0 Å². The molecule has 3 heteroatoms. The fourth-order valence-corrected chi connectivity index (χ4v) is 1.06. The first kappa shape index (κ1) is 12.2. The highest BCUT2D eigenvalue weighted by molar-refractivity contribution is 5.79. The first-order valence-electron chi connectivity index (χ1n) is 4.70. The summed E-state index contributed by atoms with van der Waals surface area (Å²) >= 11 is 0. The number of carboxylic acid groups (broad SMARTS) is 1. The quantitative estimate of drug-likeness (QED) is 0.472. The minimum absolute atomic E-state index is 0.213. The number of aliphatic carboxylic acids is 1. The normalized spacial score (nSPS) is 13.4. The Labute approximate surface area is 79.1 Å². The van der Waals surface area contributed by atoms with Gasteiger partial charge in [0.05, 0.1) is 6.10 Å². The lowest BCUT2D eigenvalue weighted by Gasteiger charge is -2.01. The highest BCUT2D eigenvalue weighted by Gasteiger charge is 1.94. The van der Waals surface area contributed by atoms with Gasteiger partial charge in [0.25, 0.3) is 0 Å². The van der Waals surface area contributed by atoms with E-state index in [1.807, 2.05) is 0 Å². The molecule has 0 fully saturated rings. The number of aliphatic hydroxyl groups is 1. The standard InChI is InChI=1S/C10H18O3/c1-9(11)7-5-3-2-4-6-8-10(12)13/h6,8-9,11H,2-5,7H2,1H3,(H,12,13)/b8-6+/t9-/m1/s1. The van der Waals surface area contributed by atoms with E-state index in [4.69, 9.17) is 10.2 Å². The molecule has 0 radical (unpaired) electrons. The summed E-state index contributed by atoms with van der Waals surface area (Å²) in [5.74, 6) is -0.885. The Morgan fingerprint density at radius 3 is 2.62 bits per heavy atom. The fraction of sp³-hybridized carbons (Fsp3) is 0.700. The monoisotopic (exact) mass is 186 g/mol. The van der Waals surface area contributed by atoms with Crippen molar-refractivity contribution in [3.63, 3.8) is 0 Å². The second-order valence-electron chi connectivity index (χ2n) is 3.23. The molecule has 2 N–H and O–H groups in total. The molecule has 0 aromatic rings. The molecule has 0 rings (SSSR count). The predicted octanol–water partition coefficient (Wildman–Crippen LogP) is 1.96. The maximum absolute atomic E-state index is 10.1. The molecule has 0 spiro atoms. The second-order valence-corrected chi connectivity index (χ2v) is 3.23. The molecule has 0 heterocycles. The number of unbranched alkanes of at least 4 members (excludes halogenated alkanes) is 3. The number of carboxylic acids is 1. The van der Waals surface area contributed by atoms with E-state index in [2.05, 4.69) is 0 Å². The molecule has 1 atom stereocenters. The second kappa shape index (κ2) is 7.80. The molecule has 76 valence electrons. The molecule has 0 aromatic heterocycles. The van der Waals surface area contributed by atoms with E-state index in [1.165, 1.54) is 6.08 Å². The third kappa shape index (κ3) is 11.2. The van der Waals surface area contributed by atoms with Crippen molar-refractivity contribution in [1.82, 2.24) is 0 Å². The minimum atomic E-state index is -0.885. The highest BCUT2D eigenvalue weighted by Crippen LogP contribution is 2.05. The van der Waals surface area contributed by atoms with E-state index < -0.39 is 5.97 Å². The average Bonchev–Trinajstić information content (AvgIpc) is 2.01. The zero-order chi connectivity index (χ0) is 10.1. The van der Waals surface area contributed by atoms with Crippen LogP contribution in [0.15, 0.2) is 12.2 Å². The van der Waals surface area contributed by atoms with Gasteiger partial charge in [-0.15, -0.1) is 0 Å². The van der Waals surface area contributed by atoms with Gasteiger partial charge in [-0.05, 0) is 26.2 Å². The Bertz CT molecular complexity index is 162. The lowest BCUT2D eigenvalue weighted by atomic mass is 10.1. The van der Waals surface area contributed by atoms with Crippen molar-refractivity contribution in [2.75, 3.05) is 0 Å². The summed E-state index contributed by atoms with van der Waals surface area (Å²) in [7, 11) is 0. The number of aliphatic hydroxyl groups excluding tert-OH is 1. The van der Waals surface area contributed by atoms with Crippen LogP contribution >= 0.6 is 0 Å². The maximum Gasteiger partial charge on any atom is 0.327 e. The maximum atomic E-state index is 10.1. The van der Waals surface area contributed by atoms with Gasteiger partial charge in [0.2, 0.25) is 0 Å². The van der Waals surface area contributed by atoms with Gasteiger partial charge < -0.3 is 10.2 Å². The van der Waals surface area contributed by atoms with Gasteiger partial charge in [-0.25, -0.2) is 4.79 Å². The van der Waals surface area contributed by atoms with E-state index in [0.29, 0.717) is 0 Å². The molecule has 0 unspecified atom stereocenters. The topological polar surface area (TPSA) is 57.5 Å². The number of allylic oxidation sites excluding steroid dienone is 1. The van der Waals surface area contributed by atoms with Gasteiger partial charge in [0.1, 0.15) is 0 Å². The third-order valence-electron chi connectivity index (χ3n) is 1.75. The summed E-state index contributed by atoms with van der Waals surface area (Å²) < 4.78 is 0. The SMILES string of the molecule is C[C@@H](O)CCCCC/C=C/C(=O)O. The molecule has 0 aliphatic rings. The molecule has 0 bridgehead atoms. The molecular weight excluding hydrogens is 168 g/mol. The summed E-state index contributed by atoms with van der Waals surface area (Å²) in [6.07, 6.45) is 7.34. The van der Waals surface area contributed by atoms with E-state index >= 15 is 0 Å². The minimum Gasteiger partial charge on any atom is -0.478 e. The summed E-state index contributed by atoms with van der Waals surface area (Å²) in [5.41, 5.74) is 0. The van der Waals surface area contributed by atoms with Crippen LogP contribution in [-0.2, 0) is 4.79 Å². The zero-order valence-electron chi connectivity index (χ0n) is 8.07. The lowest BCUT2D eigenvalue weighted by Crippen LogP contribution is -1.97. The number of carbonyl (C=O) groups is 1. The van der Waals surface area contributed by atoms with Crippen molar-refractivity contribution in [2.45, 2.75) is 45.1 Å². The molecule has 0 aliphatic carbocycles. The van der Waals surface area contributed by atoms with Gasteiger partial charge in [0, 0.05) is 6.08 Å². The Morgan fingerprint density at radius 1 is 1.38 bits per heavy atom. The van der Waals surface area contributed by atoms with Crippen molar-refractivity contribution >= 4 is 5.97 Å². The Balaban J connectivity index is 3.13. The van der Waals surface area contributed by atoms with Crippen LogP contribution in [0.1, 0.15) is 39.0 Å². The van der Waals surface area contributed by atoms with E-state index in [0.717, 1.165) is 32.1 Å². The van der Waals surface area contributed by atoms with Gasteiger partial charge in [-0.3, -0.25) is 0 Å². The molecule has 0 saturated heterocycles. The predicted molar refractivity (Wildman–Crippen MR) is 51.5 cm³/mol. The number of hydrogen-bond donors (Lipinski definition) is 2. The van der Waals surface area contributed by atoms with Crippen LogP contribution in [0.3, 0.4) is 0 Å². The largest absolute Gasteiger partial charge is 0.478 e. The Morgan fingerprint density at radius 2 is 2.08 bits per heavy atom. The fourth-order valence-electron chi connectivity index (χ4n) is 1.06. The van der Waals surface area contributed by atoms with Crippen molar-refractivity contribution in [2.24, 2.45) is 0 Å². The van der Waals surface area contributed by atoms with Gasteiger partial charge in [0.15, 0.2) is 0 Å². The van der Waals surface area contributed by atoms with Crippen molar-refractivity contribution < 1.29 is 15.0 Å². The molecule has 0 aliphatic heterocycles. The molecule has 0 aromatic carbocycles. The van der Waals surface area contributed by atoms with Crippen LogP contribution in [0.5, 0.6) is 0 Å². The first-order chi connectivity index (χ1) is 6.13. The summed E-state index contributed by atoms with van der Waals surface area (Å²) in [5, 5.41) is 17.2. The third-order valence-corrected chi connectivity index (χ3v) is 1.75. The van der Waals surface area contributed by atoms with Gasteiger partial charge in [-0.1, -0.05) is 18.9 Å². The smallest absolute Gasteiger partial charge is 0.327 e. The highest BCUT2D eigenvalue weighted by atomic mass is 16.4. The van der Waals surface area contributed by atoms with Crippen LogP contribution in [0, 0.1) is 0 Å². The summed E-state index contributed by atoms with van der Waals surface area (Å²) in [4.78, 5) is 10.1. The first-order valence-corrected chi connectivity index (χ1v) is 4.70. The van der Waals surface area contributed by atoms with Crippen LogP contribution in [0.2, 0.25) is 0 Å². The van der Waals surface area contributed by atoms with Crippen molar-refractivity contribution in [1.29, 1.82) is 0 Å². The zero-order valence-corrected chi connectivity index (χ0v) is 8.07. The summed E-state index contributed by atoms with van der Waals surface area (Å²) in [6, 6.07) is 0. The van der Waals surface area contributed by atoms with Crippen LogP contribution < -0.4 is 0 Å². The van der Waals surface area contributed by atoms with Crippen LogP contribution in [-0.4, -0.2) is 22.3 Å². The average molecular weight is 186 g/mol. The van der Waals surface area contributed by atoms with Crippen molar-refractivity contribution in [3.05, 3.63) is 12.2 Å². The molecule has 3 nitrogen and oxygen atoms in total. The molecule has 0 saturated carbocycles. The van der Waals surface area contributed by atoms with E-state index in [-0.39, 0.29) is 6.10 Å². The van der Waals surface area contributed by atoms with E-state index in [1.54, 1.807) is 13.0 Å². The summed E-state index contributed by atoms with van der Waals surface area (Å²) in [6.45, 7) is 1.78. The lowest BCUT2D eigenvalue weighted by molar-refractivity contribution is -0.131. The van der Waals surface area contributed by atoms with Crippen LogP contribution in [0.4, 0.5) is 0 Å². The molecular formula is C10H18O3.